The van der Waals surface area contributed by atoms with Gasteiger partial charge in [0, 0.05) is 11.1 Å². The van der Waals surface area contributed by atoms with Crippen LogP contribution in [0.3, 0.4) is 0 Å². The summed E-state index contributed by atoms with van der Waals surface area (Å²) in [6, 6.07) is 22.8. The molecule has 0 aliphatic carbocycles. The van der Waals surface area contributed by atoms with Gasteiger partial charge in [0.15, 0.2) is 11.6 Å². The Labute approximate surface area is 165 Å². The molecule has 0 heterocycles. The van der Waals surface area contributed by atoms with E-state index in [0.29, 0.717) is 11.1 Å². The van der Waals surface area contributed by atoms with E-state index >= 15 is 0 Å². The molecule has 0 amide bonds. The Morgan fingerprint density at radius 1 is 0.536 bits per heavy atom. The maximum atomic E-state index is 12.2. The molecule has 3 rings (SSSR count). The van der Waals surface area contributed by atoms with Gasteiger partial charge in [-0.25, -0.2) is 0 Å². The zero-order valence-electron chi connectivity index (χ0n) is 16.1. The number of allylic oxidation sites excluding steroid dienone is 2. The van der Waals surface area contributed by atoms with E-state index in [1.54, 1.807) is 24.3 Å². The minimum Gasteiger partial charge on any atom is -0.289 e. The summed E-state index contributed by atoms with van der Waals surface area (Å²) < 4.78 is 0. The van der Waals surface area contributed by atoms with Crippen molar-refractivity contribution in [2.75, 3.05) is 0 Å². The number of carbonyl (C=O) groups excluding carboxylic acids is 2. The van der Waals surface area contributed by atoms with Crippen LogP contribution in [0.4, 0.5) is 0 Å². The fraction of sp³-hybridized carbons (Fsp3) is 0.0769. The van der Waals surface area contributed by atoms with Crippen LogP contribution in [-0.4, -0.2) is 11.6 Å². The predicted octanol–water partition coefficient (Wildman–Crippen LogP) is 6.10. The standard InChI is InChI=1S/C26H22O2/c1-19-3-13-23(14-4-19)25(27)17-11-21-7-9-22(10-8-21)12-18-26(28)24-15-5-20(2)6-16-24/h3-18H,1-2H3/b17-11-,18-12-. The topological polar surface area (TPSA) is 34.1 Å². The fourth-order valence-corrected chi connectivity index (χ4v) is 2.69. The van der Waals surface area contributed by atoms with Crippen LogP contribution in [0.15, 0.2) is 84.9 Å². The number of hydrogen-bond donors (Lipinski definition) is 0. The summed E-state index contributed by atoms with van der Waals surface area (Å²) in [5.74, 6) is -0.0414. The summed E-state index contributed by atoms with van der Waals surface area (Å²) >= 11 is 0. The number of carbonyl (C=O) groups is 2. The number of hydrogen-bond acceptors (Lipinski definition) is 2. The van der Waals surface area contributed by atoms with Crippen LogP contribution < -0.4 is 0 Å². The third-order valence-corrected chi connectivity index (χ3v) is 4.46. The Hall–Kier alpha value is -3.52. The number of benzene rings is 3. The van der Waals surface area contributed by atoms with Crippen LogP contribution in [0.1, 0.15) is 43.0 Å². The maximum Gasteiger partial charge on any atom is 0.185 e. The van der Waals surface area contributed by atoms with Crippen LogP contribution in [-0.2, 0) is 0 Å². The number of ketones is 2. The zero-order chi connectivity index (χ0) is 19.9. The molecule has 0 fully saturated rings. The largest absolute Gasteiger partial charge is 0.289 e. The van der Waals surface area contributed by atoms with Crippen molar-refractivity contribution in [3.63, 3.8) is 0 Å². The quantitative estimate of drug-likeness (QED) is 0.390. The first kappa shape index (κ1) is 19.2. The minimum absolute atomic E-state index is 0.0207. The second-order valence-corrected chi connectivity index (χ2v) is 6.79. The van der Waals surface area contributed by atoms with E-state index in [1.807, 2.05) is 86.6 Å². The highest BCUT2D eigenvalue weighted by Crippen LogP contribution is 2.11. The van der Waals surface area contributed by atoms with Crippen LogP contribution in [0.5, 0.6) is 0 Å². The highest BCUT2D eigenvalue weighted by molar-refractivity contribution is 6.07. The van der Waals surface area contributed by atoms with E-state index < -0.39 is 0 Å². The zero-order valence-corrected chi connectivity index (χ0v) is 16.1. The van der Waals surface area contributed by atoms with Gasteiger partial charge in [-0.15, -0.1) is 0 Å². The van der Waals surface area contributed by atoms with E-state index in [-0.39, 0.29) is 11.6 Å². The SMILES string of the molecule is Cc1ccc(C(=O)/C=C\c2ccc(/C=C\C(=O)c3ccc(C)cc3)cc2)cc1. The number of rotatable bonds is 6. The summed E-state index contributed by atoms with van der Waals surface area (Å²) in [6.45, 7) is 3.99. The van der Waals surface area contributed by atoms with E-state index in [2.05, 4.69) is 0 Å². The van der Waals surface area contributed by atoms with Crippen LogP contribution >= 0.6 is 0 Å². The molecule has 2 nitrogen and oxygen atoms in total. The second-order valence-electron chi connectivity index (χ2n) is 6.79. The summed E-state index contributed by atoms with van der Waals surface area (Å²) in [7, 11) is 0. The molecule has 0 atom stereocenters. The molecule has 0 spiro atoms. The Kier molecular flexibility index (Phi) is 6.13. The molecule has 0 aromatic heterocycles. The lowest BCUT2D eigenvalue weighted by molar-refractivity contribution is 0.103. The first-order valence-electron chi connectivity index (χ1n) is 9.19. The smallest absolute Gasteiger partial charge is 0.185 e. The fourth-order valence-electron chi connectivity index (χ4n) is 2.69. The molecule has 0 aliphatic heterocycles. The Balaban J connectivity index is 1.62. The molecular weight excluding hydrogens is 344 g/mol. The van der Waals surface area contributed by atoms with Crippen molar-refractivity contribution in [2.24, 2.45) is 0 Å². The van der Waals surface area contributed by atoms with Gasteiger partial charge in [-0.1, -0.05) is 96.1 Å². The van der Waals surface area contributed by atoms with E-state index in [9.17, 15) is 9.59 Å². The van der Waals surface area contributed by atoms with E-state index in [4.69, 9.17) is 0 Å². The molecule has 3 aromatic rings. The molecule has 0 bridgehead atoms. The lowest BCUT2D eigenvalue weighted by Crippen LogP contribution is -1.94. The Morgan fingerprint density at radius 3 is 1.18 bits per heavy atom. The van der Waals surface area contributed by atoms with E-state index in [1.165, 1.54) is 0 Å². The average Bonchev–Trinajstić information content (AvgIpc) is 2.72. The van der Waals surface area contributed by atoms with Gasteiger partial charge in [-0.2, -0.15) is 0 Å². The van der Waals surface area contributed by atoms with Gasteiger partial charge in [0.05, 0.1) is 0 Å². The minimum atomic E-state index is -0.0207. The molecule has 0 saturated heterocycles. The lowest BCUT2D eigenvalue weighted by Gasteiger charge is -1.99. The highest BCUT2D eigenvalue weighted by atomic mass is 16.1. The molecule has 0 saturated carbocycles. The van der Waals surface area contributed by atoms with Crippen molar-refractivity contribution in [3.8, 4) is 0 Å². The molecule has 3 aromatic carbocycles. The van der Waals surface area contributed by atoms with Gasteiger partial charge in [-0.05, 0) is 37.1 Å². The first-order chi connectivity index (χ1) is 13.5. The normalized spacial score (nSPS) is 11.2. The van der Waals surface area contributed by atoms with Gasteiger partial charge < -0.3 is 0 Å². The molecule has 138 valence electrons. The van der Waals surface area contributed by atoms with Crippen molar-refractivity contribution in [3.05, 3.63) is 118 Å². The molecular formula is C26H22O2. The predicted molar refractivity (Wildman–Crippen MR) is 116 cm³/mol. The van der Waals surface area contributed by atoms with Crippen LogP contribution in [0, 0.1) is 13.8 Å². The monoisotopic (exact) mass is 366 g/mol. The summed E-state index contributed by atoms with van der Waals surface area (Å²) in [6.07, 6.45) is 6.76. The molecule has 2 heteroatoms. The van der Waals surface area contributed by atoms with E-state index in [0.717, 1.165) is 22.3 Å². The van der Waals surface area contributed by atoms with Gasteiger partial charge >= 0.3 is 0 Å². The van der Waals surface area contributed by atoms with Gasteiger partial charge in [0.2, 0.25) is 0 Å². The van der Waals surface area contributed by atoms with Crippen molar-refractivity contribution >= 4 is 23.7 Å². The summed E-state index contributed by atoms with van der Waals surface area (Å²) in [5, 5.41) is 0. The summed E-state index contributed by atoms with van der Waals surface area (Å²) in [4.78, 5) is 24.4. The third-order valence-electron chi connectivity index (χ3n) is 4.46. The van der Waals surface area contributed by atoms with Gasteiger partial charge in [0.25, 0.3) is 0 Å². The molecule has 0 radical (unpaired) electrons. The molecule has 0 aliphatic rings. The van der Waals surface area contributed by atoms with Crippen LogP contribution in [0.25, 0.3) is 12.2 Å². The maximum absolute atomic E-state index is 12.2. The highest BCUT2D eigenvalue weighted by Gasteiger charge is 2.02. The Bertz CT molecular complexity index is 933. The Morgan fingerprint density at radius 2 is 0.857 bits per heavy atom. The van der Waals surface area contributed by atoms with Crippen molar-refractivity contribution in [2.45, 2.75) is 13.8 Å². The summed E-state index contributed by atoms with van der Waals surface area (Å²) in [5.41, 5.74) is 5.48. The molecule has 28 heavy (non-hydrogen) atoms. The second kappa shape index (κ2) is 8.92. The van der Waals surface area contributed by atoms with Crippen molar-refractivity contribution in [1.82, 2.24) is 0 Å². The van der Waals surface area contributed by atoms with Crippen LogP contribution in [0.2, 0.25) is 0 Å². The molecule has 0 unspecified atom stereocenters. The lowest BCUT2D eigenvalue weighted by atomic mass is 10.1. The van der Waals surface area contributed by atoms with Gasteiger partial charge in [0.1, 0.15) is 0 Å². The molecule has 0 N–H and O–H groups in total. The van der Waals surface area contributed by atoms with Crippen molar-refractivity contribution in [1.29, 1.82) is 0 Å². The third kappa shape index (κ3) is 5.24. The number of aryl methyl sites for hydroxylation is 2. The first-order valence-corrected chi connectivity index (χ1v) is 9.19. The van der Waals surface area contributed by atoms with Gasteiger partial charge in [-0.3, -0.25) is 9.59 Å². The van der Waals surface area contributed by atoms with Crippen molar-refractivity contribution < 1.29 is 9.59 Å². The average molecular weight is 366 g/mol.